The minimum Gasteiger partial charge on any atom is -0.280 e. The van der Waals surface area contributed by atoms with Gasteiger partial charge in [-0.05, 0) is 67.8 Å². The van der Waals surface area contributed by atoms with Crippen LogP contribution in [0.3, 0.4) is 0 Å². The third kappa shape index (κ3) is 3.17. The second-order valence-electron chi connectivity index (χ2n) is 4.89. The fourth-order valence-electron chi connectivity index (χ4n) is 2.16. The number of hydrogen-bond acceptors (Lipinski definition) is 2. The Morgan fingerprint density at radius 2 is 1.55 bits per heavy atom. The van der Waals surface area contributed by atoms with Crippen LogP contribution in [-0.4, -0.2) is 8.42 Å². The first-order valence-corrected chi connectivity index (χ1v) is 7.63. The van der Waals surface area contributed by atoms with E-state index in [1.54, 1.807) is 19.1 Å². The van der Waals surface area contributed by atoms with E-state index in [1.807, 2.05) is 19.9 Å². The molecule has 1 N–H and O–H groups in total. The highest BCUT2D eigenvalue weighted by molar-refractivity contribution is 7.92. The number of rotatable bonds is 3. The maximum atomic E-state index is 13.1. The van der Waals surface area contributed by atoms with E-state index in [9.17, 15) is 12.8 Å². The molecule has 0 aliphatic carbocycles. The van der Waals surface area contributed by atoms with Gasteiger partial charge in [0.1, 0.15) is 5.82 Å². The lowest BCUT2D eigenvalue weighted by atomic mass is 10.1. The van der Waals surface area contributed by atoms with E-state index in [1.165, 1.54) is 12.1 Å². The van der Waals surface area contributed by atoms with Crippen molar-refractivity contribution in [3.05, 3.63) is 58.9 Å². The predicted molar refractivity (Wildman–Crippen MR) is 77.9 cm³/mol. The molecule has 0 saturated carbocycles. The molecular weight excluding hydrogens is 277 g/mol. The molecule has 3 nitrogen and oxygen atoms in total. The molecule has 0 aliphatic rings. The average molecular weight is 293 g/mol. The van der Waals surface area contributed by atoms with Gasteiger partial charge in [0.15, 0.2) is 0 Å². The summed E-state index contributed by atoms with van der Waals surface area (Å²) in [7, 11) is -3.71. The minimum absolute atomic E-state index is 0.0815. The molecule has 2 aromatic carbocycles. The number of halogens is 1. The zero-order chi connectivity index (χ0) is 14.9. The third-order valence-corrected chi connectivity index (χ3v) is 4.44. The first kappa shape index (κ1) is 14.5. The van der Waals surface area contributed by atoms with Crippen molar-refractivity contribution < 1.29 is 12.8 Å². The van der Waals surface area contributed by atoms with Crippen molar-refractivity contribution in [2.75, 3.05) is 4.72 Å². The molecule has 0 radical (unpaired) electrons. The number of hydrogen-bond donors (Lipinski definition) is 1. The number of sulfonamides is 1. The van der Waals surface area contributed by atoms with Gasteiger partial charge < -0.3 is 0 Å². The lowest BCUT2D eigenvalue weighted by Crippen LogP contribution is -2.14. The molecule has 0 spiro atoms. The van der Waals surface area contributed by atoms with Crippen LogP contribution in [0.5, 0.6) is 0 Å². The summed E-state index contributed by atoms with van der Waals surface area (Å²) in [5.41, 5.74) is 2.82. The van der Waals surface area contributed by atoms with Gasteiger partial charge in [0, 0.05) is 5.69 Å². The van der Waals surface area contributed by atoms with Crippen LogP contribution >= 0.6 is 0 Å². The van der Waals surface area contributed by atoms with Crippen LogP contribution < -0.4 is 4.72 Å². The Labute approximate surface area is 118 Å². The molecule has 0 bridgehead atoms. The van der Waals surface area contributed by atoms with Crippen LogP contribution in [0, 0.1) is 26.6 Å². The lowest BCUT2D eigenvalue weighted by Gasteiger charge is -2.11. The van der Waals surface area contributed by atoms with E-state index in [4.69, 9.17) is 0 Å². The van der Waals surface area contributed by atoms with E-state index in [0.29, 0.717) is 11.3 Å². The smallest absolute Gasteiger partial charge is 0.262 e. The summed E-state index contributed by atoms with van der Waals surface area (Å²) in [5.74, 6) is -0.451. The Balaban J connectivity index is 2.40. The minimum atomic E-state index is -3.71. The largest absolute Gasteiger partial charge is 0.280 e. The van der Waals surface area contributed by atoms with E-state index < -0.39 is 15.8 Å². The summed E-state index contributed by atoms with van der Waals surface area (Å²) in [4.78, 5) is 0.0815. The van der Waals surface area contributed by atoms with Gasteiger partial charge in [0.2, 0.25) is 0 Å². The molecule has 0 saturated heterocycles. The normalized spacial score (nSPS) is 11.4. The molecule has 0 atom stereocenters. The fraction of sp³-hybridized carbons (Fsp3) is 0.200. The summed E-state index contributed by atoms with van der Waals surface area (Å²) in [6, 6.07) is 9.09. The lowest BCUT2D eigenvalue weighted by molar-refractivity contribution is 0.598. The summed E-state index contributed by atoms with van der Waals surface area (Å²) in [6.07, 6.45) is 0. The highest BCUT2D eigenvalue weighted by atomic mass is 32.2. The molecule has 0 fully saturated rings. The zero-order valence-corrected chi connectivity index (χ0v) is 12.4. The van der Waals surface area contributed by atoms with Crippen LogP contribution in [0.4, 0.5) is 10.1 Å². The summed E-state index contributed by atoms with van der Waals surface area (Å²) in [6.45, 7) is 5.36. The molecular formula is C15H16FNO2S. The van der Waals surface area contributed by atoms with Crippen molar-refractivity contribution in [1.82, 2.24) is 0 Å². The standard InChI is InChI=1S/C15H16FNO2S/c1-10-6-11(2)8-14(7-10)17-20(18,19)15-5-4-13(16)9-12(15)3/h4-9,17H,1-3H3. The summed E-state index contributed by atoms with van der Waals surface area (Å²) in [5, 5.41) is 0. The first-order chi connectivity index (χ1) is 9.28. The van der Waals surface area contributed by atoms with Crippen molar-refractivity contribution in [1.29, 1.82) is 0 Å². The number of anilines is 1. The summed E-state index contributed by atoms with van der Waals surface area (Å²) < 4.78 is 40.2. The second-order valence-corrected chi connectivity index (χ2v) is 6.54. The Morgan fingerprint density at radius 3 is 2.10 bits per heavy atom. The molecule has 0 aliphatic heterocycles. The van der Waals surface area contributed by atoms with Crippen LogP contribution in [0.1, 0.15) is 16.7 Å². The van der Waals surface area contributed by atoms with Crippen molar-refractivity contribution in [2.24, 2.45) is 0 Å². The molecule has 2 rings (SSSR count). The predicted octanol–water partition coefficient (Wildman–Crippen LogP) is 3.55. The first-order valence-electron chi connectivity index (χ1n) is 6.15. The van der Waals surface area contributed by atoms with Gasteiger partial charge in [-0.25, -0.2) is 12.8 Å². The van der Waals surface area contributed by atoms with Crippen molar-refractivity contribution >= 4 is 15.7 Å². The van der Waals surface area contributed by atoms with Gasteiger partial charge in [-0.2, -0.15) is 0 Å². The van der Waals surface area contributed by atoms with Crippen molar-refractivity contribution in [2.45, 2.75) is 25.7 Å². The fourth-order valence-corrected chi connectivity index (χ4v) is 3.43. The number of aryl methyl sites for hydroxylation is 3. The van der Waals surface area contributed by atoms with Gasteiger partial charge >= 0.3 is 0 Å². The molecule has 20 heavy (non-hydrogen) atoms. The van der Waals surface area contributed by atoms with E-state index >= 15 is 0 Å². The zero-order valence-electron chi connectivity index (χ0n) is 11.6. The quantitative estimate of drug-likeness (QED) is 0.940. The van der Waals surface area contributed by atoms with Gasteiger partial charge in [-0.1, -0.05) is 6.07 Å². The SMILES string of the molecule is Cc1cc(C)cc(NS(=O)(=O)c2ccc(F)cc2C)c1. The Kier molecular flexibility index (Phi) is 3.81. The molecule has 0 amide bonds. The second kappa shape index (κ2) is 5.25. The van der Waals surface area contributed by atoms with Gasteiger partial charge in [-0.3, -0.25) is 4.72 Å². The monoisotopic (exact) mass is 293 g/mol. The van der Waals surface area contributed by atoms with Crippen molar-refractivity contribution in [3.8, 4) is 0 Å². The van der Waals surface area contributed by atoms with Gasteiger partial charge in [0.05, 0.1) is 4.90 Å². The van der Waals surface area contributed by atoms with Gasteiger partial charge in [-0.15, -0.1) is 0 Å². The number of nitrogens with one attached hydrogen (secondary N) is 1. The maximum Gasteiger partial charge on any atom is 0.262 e. The van der Waals surface area contributed by atoms with Gasteiger partial charge in [0.25, 0.3) is 10.0 Å². The highest BCUT2D eigenvalue weighted by Gasteiger charge is 2.17. The van der Waals surface area contributed by atoms with E-state index in [2.05, 4.69) is 4.72 Å². The number of benzene rings is 2. The van der Waals surface area contributed by atoms with E-state index in [-0.39, 0.29) is 4.90 Å². The molecule has 5 heteroatoms. The molecule has 2 aromatic rings. The van der Waals surface area contributed by atoms with Crippen LogP contribution in [-0.2, 0) is 10.0 Å². The molecule has 0 unspecified atom stereocenters. The topological polar surface area (TPSA) is 46.2 Å². The Morgan fingerprint density at radius 1 is 0.950 bits per heavy atom. The molecule has 0 heterocycles. The molecule has 106 valence electrons. The Hall–Kier alpha value is -1.88. The van der Waals surface area contributed by atoms with Crippen molar-refractivity contribution in [3.63, 3.8) is 0 Å². The maximum absolute atomic E-state index is 13.1. The third-order valence-electron chi connectivity index (χ3n) is 2.90. The highest BCUT2D eigenvalue weighted by Crippen LogP contribution is 2.21. The van der Waals surface area contributed by atoms with Crippen LogP contribution in [0.25, 0.3) is 0 Å². The van der Waals surface area contributed by atoms with Crippen LogP contribution in [0.2, 0.25) is 0 Å². The van der Waals surface area contributed by atoms with Crippen LogP contribution in [0.15, 0.2) is 41.3 Å². The average Bonchev–Trinajstić information content (AvgIpc) is 2.25. The molecule has 0 aromatic heterocycles. The summed E-state index contributed by atoms with van der Waals surface area (Å²) >= 11 is 0. The van der Waals surface area contributed by atoms with E-state index in [0.717, 1.165) is 17.2 Å². The Bertz CT molecular complexity index is 734.